The van der Waals surface area contributed by atoms with Crippen molar-refractivity contribution in [2.24, 2.45) is 0 Å². The van der Waals surface area contributed by atoms with E-state index in [1.54, 1.807) is 0 Å². The van der Waals surface area contributed by atoms with Gasteiger partial charge in [0.05, 0.1) is 13.2 Å². The van der Waals surface area contributed by atoms with E-state index in [4.69, 9.17) is 4.74 Å². The van der Waals surface area contributed by atoms with Crippen molar-refractivity contribution in [1.82, 2.24) is 15.2 Å². The van der Waals surface area contributed by atoms with Crippen molar-refractivity contribution in [2.45, 2.75) is 25.8 Å². The summed E-state index contributed by atoms with van der Waals surface area (Å²) in [6.07, 6.45) is 6.03. The molecule has 1 fully saturated rings. The van der Waals surface area contributed by atoms with Crippen molar-refractivity contribution >= 4 is 0 Å². The van der Waals surface area contributed by atoms with Gasteiger partial charge in [0.1, 0.15) is 0 Å². The molecule has 4 nitrogen and oxygen atoms in total. The first-order valence-corrected chi connectivity index (χ1v) is 7.27. The number of pyridine rings is 1. The van der Waals surface area contributed by atoms with Crippen molar-refractivity contribution < 1.29 is 4.74 Å². The summed E-state index contributed by atoms with van der Waals surface area (Å²) >= 11 is 0. The Bertz CT molecular complexity index is 339. The second-order valence-electron chi connectivity index (χ2n) is 5.23. The van der Waals surface area contributed by atoms with Crippen molar-refractivity contribution in [3.63, 3.8) is 0 Å². The number of aromatic nitrogens is 1. The van der Waals surface area contributed by atoms with Crippen LogP contribution in [0.1, 0.15) is 18.9 Å². The highest BCUT2D eigenvalue weighted by Crippen LogP contribution is 2.01. The molecule has 1 aromatic heterocycles. The van der Waals surface area contributed by atoms with Crippen molar-refractivity contribution in [3.05, 3.63) is 30.1 Å². The minimum absolute atomic E-state index is 0.551. The lowest BCUT2D eigenvalue weighted by Gasteiger charge is -2.29. The molecule has 1 saturated heterocycles. The number of hydrogen-bond acceptors (Lipinski definition) is 4. The normalized spacial score (nSPS) is 18.4. The van der Waals surface area contributed by atoms with Crippen LogP contribution in [0.15, 0.2) is 24.5 Å². The van der Waals surface area contributed by atoms with E-state index in [9.17, 15) is 0 Å². The monoisotopic (exact) mass is 263 g/mol. The minimum Gasteiger partial charge on any atom is -0.379 e. The molecule has 1 aliphatic heterocycles. The van der Waals surface area contributed by atoms with Crippen LogP contribution in [0.4, 0.5) is 0 Å². The van der Waals surface area contributed by atoms with Crippen LogP contribution in [0, 0.1) is 0 Å². The summed E-state index contributed by atoms with van der Waals surface area (Å²) in [6, 6.07) is 4.74. The van der Waals surface area contributed by atoms with Crippen molar-refractivity contribution in [3.8, 4) is 0 Å². The van der Waals surface area contributed by atoms with Crippen LogP contribution < -0.4 is 5.32 Å². The molecule has 2 rings (SSSR count). The van der Waals surface area contributed by atoms with Crippen LogP contribution in [0.5, 0.6) is 0 Å². The third kappa shape index (κ3) is 5.68. The lowest BCUT2D eigenvalue weighted by atomic mass is 10.1. The summed E-state index contributed by atoms with van der Waals surface area (Å²) in [4.78, 5) is 6.51. The molecule has 0 saturated carbocycles. The third-order valence-electron chi connectivity index (χ3n) is 3.52. The quantitative estimate of drug-likeness (QED) is 0.753. The van der Waals surface area contributed by atoms with Gasteiger partial charge in [-0.2, -0.15) is 0 Å². The molecule has 1 aliphatic rings. The zero-order chi connectivity index (χ0) is 13.3. The maximum Gasteiger partial charge on any atom is 0.0594 e. The predicted octanol–water partition coefficient (Wildman–Crippen LogP) is 1.32. The molecular formula is C15H25N3O. The molecule has 0 aromatic carbocycles. The standard InChI is InChI=1S/C15H25N3O/c1-14(13-18-9-11-19-12-10-18)17-6-2-3-15-4-7-16-8-5-15/h4-5,7-8,14,17H,2-3,6,9-13H2,1H3. The van der Waals surface area contributed by atoms with Gasteiger partial charge in [-0.15, -0.1) is 0 Å². The molecule has 1 unspecified atom stereocenters. The fraction of sp³-hybridized carbons (Fsp3) is 0.667. The van der Waals surface area contributed by atoms with E-state index in [-0.39, 0.29) is 0 Å². The number of morpholine rings is 1. The Hall–Kier alpha value is -0.970. The Morgan fingerprint density at radius 2 is 2.05 bits per heavy atom. The number of rotatable bonds is 7. The van der Waals surface area contributed by atoms with Crippen LogP contribution in [-0.4, -0.2) is 55.3 Å². The van der Waals surface area contributed by atoms with E-state index < -0.39 is 0 Å². The zero-order valence-corrected chi connectivity index (χ0v) is 11.8. The Morgan fingerprint density at radius 1 is 1.32 bits per heavy atom. The Morgan fingerprint density at radius 3 is 2.79 bits per heavy atom. The summed E-state index contributed by atoms with van der Waals surface area (Å²) in [6.45, 7) is 8.38. The SMILES string of the molecule is CC(CN1CCOCC1)NCCCc1ccncc1. The van der Waals surface area contributed by atoms with Gasteiger partial charge in [0.15, 0.2) is 0 Å². The molecule has 0 radical (unpaired) electrons. The van der Waals surface area contributed by atoms with Gasteiger partial charge in [-0.3, -0.25) is 9.88 Å². The number of aryl methyl sites for hydroxylation is 1. The zero-order valence-electron chi connectivity index (χ0n) is 11.8. The summed E-state index contributed by atoms with van der Waals surface area (Å²) in [5.41, 5.74) is 1.37. The number of hydrogen-bond donors (Lipinski definition) is 1. The third-order valence-corrected chi connectivity index (χ3v) is 3.52. The van der Waals surface area contributed by atoms with E-state index in [2.05, 4.69) is 34.3 Å². The molecule has 0 bridgehead atoms. The summed E-state index contributed by atoms with van der Waals surface area (Å²) in [5.74, 6) is 0. The second-order valence-corrected chi connectivity index (χ2v) is 5.23. The van der Waals surface area contributed by atoms with Gasteiger partial charge >= 0.3 is 0 Å². The highest BCUT2D eigenvalue weighted by atomic mass is 16.5. The highest BCUT2D eigenvalue weighted by molar-refractivity contribution is 5.09. The first-order valence-electron chi connectivity index (χ1n) is 7.27. The number of nitrogens with one attached hydrogen (secondary N) is 1. The summed E-state index contributed by atoms with van der Waals surface area (Å²) in [7, 11) is 0. The van der Waals surface area contributed by atoms with Gasteiger partial charge in [-0.1, -0.05) is 0 Å². The molecule has 4 heteroatoms. The van der Waals surface area contributed by atoms with Crippen molar-refractivity contribution in [1.29, 1.82) is 0 Å². The van der Waals surface area contributed by atoms with Crippen LogP contribution >= 0.6 is 0 Å². The lowest BCUT2D eigenvalue weighted by molar-refractivity contribution is 0.0344. The van der Waals surface area contributed by atoms with E-state index in [1.165, 1.54) is 12.0 Å². The fourth-order valence-electron chi connectivity index (χ4n) is 2.43. The number of ether oxygens (including phenoxy) is 1. The molecule has 1 atom stereocenters. The van der Waals surface area contributed by atoms with E-state index >= 15 is 0 Å². The van der Waals surface area contributed by atoms with Gasteiger partial charge in [0.25, 0.3) is 0 Å². The maximum atomic E-state index is 5.36. The largest absolute Gasteiger partial charge is 0.379 e. The molecule has 2 heterocycles. The Kier molecular flexibility index (Phi) is 6.27. The molecule has 0 spiro atoms. The first-order chi connectivity index (χ1) is 9.34. The average Bonchev–Trinajstić information content (AvgIpc) is 2.46. The molecule has 1 N–H and O–H groups in total. The van der Waals surface area contributed by atoms with E-state index in [1.807, 2.05) is 12.4 Å². The topological polar surface area (TPSA) is 37.4 Å². The van der Waals surface area contributed by atoms with Gasteiger partial charge in [0, 0.05) is 38.1 Å². The van der Waals surface area contributed by atoms with E-state index in [0.29, 0.717) is 6.04 Å². The van der Waals surface area contributed by atoms with Crippen LogP contribution in [-0.2, 0) is 11.2 Å². The second kappa shape index (κ2) is 8.25. The van der Waals surface area contributed by atoms with Gasteiger partial charge in [-0.05, 0) is 44.0 Å². The Balaban J connectivity index is 1.55. The molecule has 1 aromatic rings. The smallest absolute Gasteiger partial charge is 0.0594 e. The summed E-state index contributed by atoms with van der Waals surface area (Å²) in [5, 5.41) is 3.60. The average molecular weight is 263 g/mol. The molecular weight excluding hydrogens is 238 g/mol. The van der Waals surface area contributed by atoms with Gasteiger partial charge < -0.3 is 10.1 Å². The van der Waals surface area contributed by atoms with Crippen LogP contribution in [0.2, 0.25) is 0 Å². The molecule has 19 heavy (non-hydrogen) atoms. The van der Waals surface area contributed by atoms with Crippen molar-refractivity contribution in [2.75, 3.05) is 39.4 Å². The van der Waals surface area contributed by atoms with Crippen LogP contribution in [0.25, 0.3) is 0 Å². The lowest BCUT2D eigenvalue weighted by Crippen LogP contribution is -2.44. The molecule has 0 aliphatic carbocycles. The Labute approximate surface area is 116 Å². The predicted molar refractivity (Wildman–Crippen MR) is 77.3 cm³/mol. The van der Waals surface area contributed by atoms with Gasteiger partial charge in [-0.25, -0.2) is 0 Å². The number of nitrogens with zero attached hydrogens (tertiary/aromatic N) is 2. The molecule has 0 amide bonds. The molecule has 106 valence electrons. The maximum absolute atomic E-state index is 5.36. The van der Waals surface area contributed by atoms with Gasteiger partial charge in [0.2, 0.25) is 0 Å². The fourth-order valence-corrected chi connectivity index (χ4v) is 2.43. The minimum atomic E-state index is 0.551. The van der Waals surface area contributed by atoms with E-state index in [0.717, 1.165) is 45.8 Å². The first kappa shape index (κ1) is 14.4. The highest BCUT2D eigenvalue weighted by Gasteiger charge is 2.12. The summed E-state index contributed by atoms with van der Waals surface area (Å²) < 4.78 is 5.36. The van der Waals surface area contributed by atoms with Crippen LogP contribution in [0.3, 0.4) is 0 Å².